The molecule has 4 aromatic rings. The lowest BCUT2D eigenvalue weighted by Gasteiger charge is -2.40. The number of halogens is 2. The number of carbonyl (C=O) groups excluding carboxylic acids is 2. The van der Waals surface area contributed by atoms with Gasteiger partial charge in [0.25, 0.3) is 5.91 Å². The van der Waals surface area contributed by atoms with Crippen LogP contribution >= 0.6 is 35.0 Å². The summed E-state index contributed by atoms with van der Waals surface area (Å²) in [6.07, 6.45) is 2.85. The first-order chi connectivity index (χ1) is 20.8. The van der Waals surface area contributed by atoms with Crippen LogP contribution in [0.25, 0.3) is 5.69 Å². The molecule has 10 heteroatoms. The molecule has 1 saturated heterocycles. The van der Waals surface area contributed by atoms with Crippen molar-refractivity contribution < 1.29 is 9.59 Å². The third-order valence-corrected chi connectivity index (χ3v) is 9.24. The molecule has 0 bridgehead atoms. The van der Waals surface area contributed by atoms with Gasteiger partial charge in [-0.2, -0.15) is 0 Å². The van der Waals surface area contributed by atoms with E-state index in [9.17, 15) is 9.59 Å². The number of hydrogen-bond donors (Lipinski definition) is 0. The number of rotatable bonds is 10. The van der Waals surface area contributed by atoms with Gasteiger partial charge in [-0.05, 0) is 62.1 Å². The molecule has 1 aliphatic heterocycles. The molecule has 1 fully saturated rings. The Morgan fingerprint density at radius 2 is 1.72 bits per heavy atom. The Kier molecular flexibility index (Phi) is 10.4. The summed E-state index contributed by atoms with van der Waals surface area (Å²) in [5, 5.41) is 10.8. The summed E-state index contributed by atoms with van der Waals surface area (Å²) in [6.45, 7) is 5.56. The molecule has 0 spiro atoms. The Hall–Kier alpha value is -3.33. The maximum atomic E-state index is 13.1. The number of carbonyl (C=O) groups is 2. The number of amides is 2. The van der Waals surface area contributed by atoms with E-state index < -0.39 is 0 Å². The molecule has 2 heterocycles. The molecule has 7 nitrogen and oxygen atoms in total. The van der Waals surface area contributed by atoms with Crippen molar-refractivity contribution in [2.75, 3.05) is 25.4 Å². The molecule has 3 aromatic carbocycles. The van der Waals surface area contributed by atoms with Crippen LogP contribution in [-0.2, 0) is 11.2 Å². The Morgan fingerprint density at radius 1 is 0.953 bits per heavy atom. The molecule has 0 aliphatic carbocycles. The summed E-state index contributed by atoms with van der Waals surface area (Å²) in [6, 6.07) is 23.4. The number of piperazine rings is 1. The lowest BCUT2D eigenvalue weighted by atomic mass is 10.1. The zero-order valence-electron chi connectivity index (χ0n) is 24.4. The molecule has 2 amide bonds. The molecule has 0 radical (unpaired) electrons. The number of para-hydroxylation sites is 1. The quantitative estimate of drug-likeness (QED) is 0.137. The predicted molar refractivity (Wildman–Crippen MR) is 173 cm³/mol. The van der Waals surface area contributed by atoms with Gasteiger partial charge in [0, 0.05) is 49.3 Å². The van der Waals surface area contributed by atoms with Crippen LogP contribution in [0.3, 0.4) is 0 Å². The number of aryl methyl sites for hydroxylation is 1. The van der Waals surface area contributed by atoms with Gasteiger partial charge < -0.3 is 9.80 Å². The summed E-state index contributed by atoms with van der Waals surface area (Å²) in [5.41, 5.74) is 3.87. The summed E-state index contributed by atoms with van der Waals surface area (Å²) in [4.78, 5) is 29.8. The van der Waals surface area contributed by atoms with Crippen molar-refractivity contribution in [3.63, 3.8) is 0 Å². The normalized spacial score (nSPS) is 15.1. The first kappa shape index (κ1) is 31.1. The van der Waals surface area contributed by atoms with Gasteiger partial charge in [0.1, 0.15) is 5.82 Å². The number of hydrogen-bond acceptors (Lipinski definition) is 5. The zero-order chi connectivity index (χ0) is 30.3. The van der Waals surface area contributed by atoms with Crippen LogP contribution < -0.4 is 0 Å². The van der Waals surface area contributed by atoms with Crippen LogP contribution in [-0.4, -0.2) is 67.8 Å². The van der Waals surface area contributed by atoms with E-state index in [1.165, 1.54) is 5.56 Å². The monoisotopic (exact) mass is 635 g/mol. The van der Waals surface area contributed by atoms with E-state index in [-0.39, 0.29) is 17.9 Å². The maximum Gasteiger partial charge on any atom is 0.255 e. The molecule has 224 valence electrons. The minimum atomic E-state index is -0.135. The molecule has 1 aromatic heterocycles. The molecule has 1 atom stereocenters. The lowest BCUT2D eigenvalue weighted by molar-refractivity contribution is -0.133. The van der Waals surface area contributed by atoms with Crippen molar-refractivity contribution in [2.45, 2.75) is 50.7 Å². The van der Waals surface area contributed by atoms with E-state index >= 15 is 0 Å². The fourth-order valence-corrected chi connectivity index (χ4v) is 6.80. The summed E-state index contributed by atoms with van der Waals surface area (Å²) in [7, 11) is 0. The van der Waals surface area contributed by atoms with Crippen molar-refractivity contribution in [1.29, 1.82) is 0 Å². The van der Waals surface area contributed by atoms with Crippen molar-refractivity contribution in [2.24, 2.45) is 0 Å². The van der Waals surface area contributed by atoms with E-state index in [1.807, 2.05) is 42.2 Å². The summed E-state index contributed by atoms with van der Waals surface area (Å²) >= 11 is 13.9. The highest BCUT2D eigenvalue weighted by molar-refractivity contribution is 7.99. The Labute approximate surface area is 267 Å². The maximum absolute atomic E-state index is 13.1. The first-order valence-corrected chi connectivity index (χ1v) is 16.3. The van der Waals surface area contributed by atoms with Gasteiger partial charge >= 0.3 is 0 Å². The minimum Gasteiger partial charge on any atom is -0.339 e. The van der Waals surface area contributed by atoms with E-state index in [0.29, 0.717) is 48.1 Å². The van der Waals surface area contributed by atoms with Gasteiger partial charge in [0.15, 0.2) is 5.16 Å². The van der Waals surface area contributed by atoms with E-state index in [2.05, 4.69) is 46.0 Å². The Balaban J connectivity index is 1.13. The summed E-state index contributed by atoms with van der Waals surface area (Å²) in [5.74, 6) is 1.73. The van der Waals surface area contributed by atoms with Gasteiger partial charge in [-0.15, -0.1) is 10.2 Å². The van der Waals surface area contributed by atoms with E-state index in [1.54, 1.807) is 34.9 Å². The van der Waals surface area contributed by atoms with E-state index in [4.69, 9.17) is 23.2 Å². The fourth-order valence-electron chi connectivity index (χ4n) is 5.35. The van der Waals surface area contributed by atoms with Gasteiger partial charge in [-0.1, -0.05) is 83.5 Å². The first-order valence-electron chi connectivity index (χ1n) is 14.5. The SMILES string of the molecule is Cc1ccccc1-n1c(Cc2ccccc2)nnc1SCCCCC(=O)N1CCN(C(=O)c2ccc(Cl)cc2Cl)C(C)C1. The smallest absolute Gasteiger partial charge is 0.255 e. The second kappa shape index (κ2) is 14.4. The van der Waals surface area contributed by atoms with Crippen LogP contribution in [0, 0.1) is 6.92 Å². The molecule has 0 saturated carbocycles. The zero-order valence-corrected chi connectivity index (χ0v) is 26.7. The number of aromatic nitrogens is 3. The van der Waals surface area contributed by atoms with Crippen LogP contribution in [0.15, 0.2) is 78.0 Å². The number of benzene rings is 3. The standard InChI is InChI=1S/C33H35Cl2N5O2S/c1-23-10-6-7-13-29(23)40-30(20-25-11-4-3-5-12-25)36-37-33(40)43-19-9-8-14-31(41)38-17-18-39(24(2)22-38)32(42)27-16-15-26(34)21-28(27)35/h3-7,10-13,15-16,21,24H,8-9,14,17-20,22H2,1-2H3. The largest absolute Gasteiger partial charge is 0.339 e. The second-order valence-corrected chi connectivity index (χ2v) is 12.7. The number of nitrogens with zero attached hydrogens (tertiary/aromatic N) is 5. The highest BCUT2D eigenvalue weighted by atomic mass is 35.5. The minimum absolute atomic E-state index is 0.106. The van der Waals surface area contributed by atoms with Crippen molar-refractivity contribution in [1.82, 2.24) is 24.6 Å². The lowest BCUT2D eigenvalue weighted by Crippen LogP contribution is -2.55. The Morgan fingerprint density at radius 3 is 2.47 bits per heavy atom. The average molecular weight is 637 g/mol. The van der Waals surface area contributed by atoms with Crippen LogP contribution in [0.1, 0.15) is 53.5 Å². The van der Waals surface area contributed by atoms with Gasteiger partial charge in [0.2, 0.25) is 5.91 Å². The molecule has 5 rings (SSSR count). The Bertz CT molecular complexity index is 1580. The summed E-state index contributed by atoms with van der Waals surface area (Å²) < 4.78 is 2.16. The molecule has 43 heavy (non-hydrogen) atoms. The molecule has 1 unspecified atom stereocenters. The van der Waals surface area contributed by atoms with Crippen molar-refractivity contribution in [3.8, 4) is 5.69 Å². The highest BCUT2D eigenvalue weighted by Crippen LogP contribution is 2.27. The van der Waals surface area contributed by atoms with Crippen LogP contribution in [0.2, 0.25) is 10.0 Å². The predicted octanol–water partition coefficient (Wildman–Crippen LogP) is 7.11. The van der Waals surface area contributed by atoms with E-state index in [0.717, 1.165) is 40.8 Å². The van der Waals surface area contributed by atoms with Gasteiger partial charge in [0.05, 0.1) is 16.3 Å². The van der Waals surface area contributed by atoms with Crippen molar-refractivity contribution in [3.05, 3.63) is 105 Å². The highest BCUT2D eigenvalue weighted by Gasteiger charge is 2.31. The van der Waals surface area contributed by atoms with Gasteiger partial charge in [-0.3, -0.25) is 14.2 Å². The van der Waals surface area contributed by atoms with Gasteiger partial charge in [-0.25, -0.2) is 0 Å². The fraction of sp³-hybridized carbons (Fsp3) is 0.333. The third-order valence-electron chi connectivity index (χ3n) is 7.68. The molecule has 0 N–H and O–H groups in total. The topological polar surface area (TPSA) is 71.3 Å². The second-order valence-electron chi connectivity index (χ2n) is 10.8. The van der Waals surface area contributed by atoms with Crippen LogP contribution in [0.5, 0.6) is 0 Å². The molecular formula is C33H35Cl2N5O2S. The molecular weight excluding hydrogens is 601 g/mol. The third kappa shape index (κ3) is 7.61. The number of unbranched alkanes of at least 4 members (excludes halogenated alkanes) is 1. The number of thioether (sulfide) groups is 1. The van der Waals surface area contributed by atoms with Crippen molar-refractivity contribution >= 4 is 46.8 Å². The molecule has 1 aliphatic rings. The van der Waals surface area contributed by atoms with Crippen LogP contribution in [0.4, 0.5) is 0 Å². The average Bonchev–Trinajstić information content (AvgIpc) is 3.39.